The summed E-state index contributed by atoms with van der Waals surface area (Å²) in [5.41, 5.74) is 1.09. The van der Waals surface area contributed by atoms with Gasteiger partial charge in [-0.1, -0.05) is 32.0 Å². The van der Waals surface area contributed by atoms with Crippen LogP contribution in [-0.2, 0) is 4.79 Å². The van der Waals surface area contributed by atoms with Crippen molar-refractivity contribution in [3.8, 4) is 5.69 Å². The number of carbonyl (C=O) groups is 2. The van der Waals surface area contributed by atoms with Gasteiger partial charge in [-0.2, -0.15) is 0 Å². The summed E-state index contributed by atoms with van der Waals surface area (Å²) >= 11 is 0. The highest BCUT2D eigenvalue weighted by molar-refractivity contribution is 5.95. The van der Waals surface area contributed by atoms with E-state index < -0.39 is 17.9 Å². The van der Waals surface area contributed by atoms with Gasteiger partial charge >= 0.3 is 5.97 Å². The van der Waals surface area contributed by atoms with Crippen molar-refractivity contribution in [2.45, 2.75) is 19.9 Å². The highest BCUT2D eigenvalue weighted by Crippen LogP contribution is 2.11. The van der Waals surface area contributed by atoms with Crippen LogP contribution in [0.4, 0.5) is 0 Å². The Labute approximate surface area is 122 Å². The Morgan fingerprint density at radius 2 is 1.90 bits per heavy atom. The Bertz CT molecular complexity index is 635. The lowest BCUT2D eigenvalue weighted by molar-refractivity contribution is -0.140. The second-order valence-corrected chi connectivity index (χ2v) is 5.02. The van der Waals surface area contributed by atoms with E-state index in [0.29, 0.717) is 5.69 Å². The third-order valence-corrected chi connectivity index (χ3v) is 3.12. The first-order valence-electron chi connectivity index (χ1n) is 6.62. The molecule has 0 aliphatic rings. The fraction of sp³-hybridized carbons (Fsp3) is 0.267. The quantitative estimate of drug-likeness (QED) is 0.876. The number of nitrogens with zero attached hydrogens (tertiary/aromatic N) is 2. The maximum absolute atomic E-state index is 12.3. The first-order valence-corrected chi connectivity index (χ1v) is 6.62. The minimum Gasteiger partial charge on any atom is -0.480 e. The van der Waals surface area contributed by atoms with Gasteiger partial charge in [0.1, 0.15) is 11.7 Å². The zero-order chi connectivity index (χ0) is 15.4. The smallest absolute Gasteiger partial charge is 0.326 e. The highest BCUT2D eigenvalue weighted by atomic mass is 16.4. The molecule has 21 heavy (non-hydrogen) atoms. The number of rotatable bonds is 5. The topological polar surface area (TPSA) is 84.2 Å². The van der Waals surface area contributed by atoms with Crippen molar-refractivity contribution in [1.82, 2.24) is 14.9 Å². The van der Waals surface area contributed by atoms with Crippen LogP contribution in [0.15, 0.2) is 42.9 Å². The third kappa shape index (κ3) is 3.28. The van der Waals surface area contributed by atoms with E-state index in [2.05, 4.69) is 10.3 Å². The molecule has 1 amide bonds. The molecule has 1 aromatic heterocycles. The van der Waals surface area contributed by atoms with Gasteiger partial charge in [0.25, 0.3) is 5.91 Å². The van der Waals surface area contributed by atoms with Gasteiger partial charge in [0.05, 0.1) is 12.5 Å². The summed E-state index contributed by atoms with van der Waals surface area (Å²) in [5, 5.41) is 11.7. The Kier molecular flexibility index (Phi) is 4.37. The van der Waals surface area contributed by atoms with Crippen LogP contribution < -0.4 is 5.32 Å². The SMILES string of the molecule is CC(C)C(NC(=O)c1cncn1-c1ccccc1)C(=O)O. The predicted molar refractivity (Wildman–Crippen MR) is 77.3 cm³/mol. The van der Waals surface area contributed by atoms with Gasteiger partial charge in [0.2, 0.25) is 0 Å². The lowest BCUT2D eigenvalue weighted by Crippen LogP contribution is -2.44. The molecule has 0 saturated carbocycles. The van der Waals surface area contributed by atoms with Crippen molar-refractivity contribution in [1.29, 1.82) is 0 Å². The summed E-state index contributed by atoms with van der Waals surface area (Å²) in [6.45, 7) is 3.49. The van der Waals surface area contributed by atoms with E-state index in [1.165, 1.54) is 12.5 Å². The molecule has 0 aliphatic carbocycles. The van der Waals surface area contributed by atoms with Crippen LogP contribution in [0.2, 0.25) is 0 Å². The zero-order valence-corrected chi connectivity index (χ0v) is 11.9. The summed E-state index contributed by atoms with van der Waals surface area (Å²) in [6, 6.07) is 8.33. The fourth-order valence-electron chi connectivity index (χ4n) is 1.99. The summed E-state index contributed by atoms with van der Waals surface area (Å²) in [5.74, 6) is -1.72. The monoisotopic (exact) mass is 287 g/mol. The minimum absolute atomic E-state index is 0.209. The van der Waals surface area contributed by atoms with Gasteiger partial charge in [-0.3, -0.25) is 9.36 Å². The third-order valence-electron chi connectivity index (χ3n) is 3.12. The lowest BCUT2D eigenvalue weighted by atomic mass is 10.0. The number of carboxylic acid groups (broad SMARTS) is 1. The number of nitrogens with one attached hydrogen (secondary N) is 1. The average molecular weight is 287 g/mol. The minimum atomic E-state index is -1.05. The van der Waals surface area contributed by atoms with Gasteiger partial charge in [0, 0.05) is 5.69 Å². The highest BCUT2D eigenvalue weighted by Gasteiger charge is 2.25. The molecule has 0 aliphatic heterocycles. The van der Waals surface area contributed by atoms with Crippen molar-refractivity contribution < 1.29 is 14.7 Å². The van der Waals surface area contributed by atoms with Gasteiger partial charge in [-0.05, 0) is 18.1 Å². The first kappa shape index (κ1) is 14.8. The number of carboxylic acids is 1. The molecule has 6 nitrogen and oxygen atoms in total. The van der Waals surface area contributed by atoms with E-state index in [9.17, 15) is 9.59 Å². The van der Waals surface area contributed by atoms with Crippen LogP contribution in [0.5, 0.6) is 0 Å². The second-order valence-electron chi connectivity index (χ2n) is 5.02. The van der Waals surface area contributed by atoms with Crippen LogP contribution in [-0.4, -0.2) is 32.6 Å². The Morgan fingerprint density at radius 3 is 2.48 bits per heavy atom. The van der Waals surface area contributed by atoms with Crippen molar-refractivity contribution in [3.63, 3.8) is 0 Å². The molecule has 1 atom stereocenters. The Balaban J connectivity index is 2.25. The molecular weight excluding hydrogens is 270 g/mol. The van der Waals surface area contributed by atoms with Crippen molar-refractivity contribution in [2.24, 2.45) is 5.92 Å². The Morgan fingerprint density at radius 1 is 1.24 bits per heavy atom. The fourth-order valence-corrected chi connectivity index (χ4v) is 1.99. The molecule has 1 heterocycles. The standard InChI is InChI=1S/C15H17N3O3/c1-10(2)13(15(20)21)17-14(19)12-8-16-9-18(12)11-6-4-3-5-7-11/h3-10,13H,1-2H3,(H,17,19)(H,20,21). The van der Waals surface area contributed by atoms with Crippen LogP contribution in [0.3, 0.4) is 0 Å². The first-order chi connectivity index (χ1) is 10.0. The largest absolute Gasteiger partial charge is 0.480 e. The maximum atomic E-state index is 12.3. The number of carbonyl (C=O) groups excluding carboxylic acids is 1. The number of benzene rings is 1. The molecule has 0 saturated heterocycles. The van der Waals surface area contributed by atoms with E-state index >= 15 is 0 Å². The van der Waals surface area contributed by atoms with E-state index in [0.717, 1.165) is 5.69 Å². The van der Waals surface area contributed by atoms with Crippen LogP contribution in [0, 0.1) is 5.92 Å². The molecule has 1 unspecified atom stereocenters. The van der Waals surface area contributed by atoms with E-state index in [1.807, 2.05) is 30.3 Å². The normalized spacial score (nSPS) is 12.1. The van der Waals surface area contributed by atoms with Gasteiger partial charge in [-0.25, -0.2) is 9.78 Å². The van der Waals surface area contributed by atoms with E-state index in [-0.39, 0.29) is 5.92 Å². The van der Waals surface area contributed by atoms with Crippen LogP contribution >= 0.6 is 0 Å². The number of hydrogen-bond acceptors (Lipinski definition) is 3. The molecule has 0 spiro atoms. The molecule has 0 bridgehead atoms. The average Bonchev–Trinajstić information content (AvgIpc) is 2.94. The molecule has 2 N–H and O–H groups in total. The van der Waals surface area contributed by atoms with Gasteiger partial charge in [-0.15, -0.1) is 0 Å². The molecule has 2 aromatic rings. The van der Waals surface area contributed by atoms with Crippen molar-refractivity contribution >= 4 is 11.9 Å². The molecular formula is C15H17N3O3. The van der Waals surface area contributed by atoms with E-state index in [1.54, 1.807) is 18.4 Å². The molecule has 0 radical (unpaired) electrons. The van der Waals surface area contributed by atoms with Gasteiger partial charge < -0.3 is 10.4 Å². The molecule has 110 valence electrons. The zero-order valence-electron chi connectivity index (χ0n) is 11.9. The lowest BCUT2D eigenvalue weighted by Gasteiger charge is -2.18. The van der Waals surface area contributed by atoms with Crippen LogP contribution in [0.1, 0.15) is 24.3 Å². The summed E-state index contributed by atoms with van der Waals surface area (Å²) in [7, 11) is 0. The number of aliphatic carboxylic acids is 1. The van der Waals surface area contributed by atoms with Gasteiger partial charge in [0.15, 0.2) is 0 Å². The van der Waals surface area contributed by atoms with Crippen molar-refractivity contribution in [2.75, 3.05) is 0 Å². The van der Waals surface area contributed by atoms with Crippen molar-refractivity contribution in [3.05, 3.63) is 48.5 Å². The number of hydrogen-bond donors (Lipinski definition) is 2. The second kappa shape index (κ2) is 6.21. The molecule has 0 fully saturated rings. The number of imidazole rings is 1. The molecule has 6 heteroatoms. The predicted octanol–water partition coefficient (Wildman–Crippen LogP) is 1.71. The number of aromatic nitrogens is 2. The summed E-state index contributed by atoms with van der Waals surface area (Å²) in [6.07, 6.45) is 2.94. The van der Waals surface area contributed by atoms with E-state index in [4.69, 9.17) is 5.11 Å². The Hall–Kier alpha value is -2.63. The summed E-state index contributed by atoms with van der Waals surface area (Å²) < 4.78 is 1.62. The summed E-state index contributed by atoms with van der Waals surface area (Å²) in [4.78, 5) is 27.4. The van der Waals surface area contributed by atoms with Crippen LogP contribution in [0.25, 0.3) is 5.69 Å². The molecule has 2 rings (SSSR count). The number of amides is 1. The number of para-hydroxylation sites is 1. The maximum Gasteiger partial charge on any atom is 0.326 e. The molecule has 1 aromatic carbocycles.